The van der Waals surface area contributed by atoms with Gasteiger partial charge in [-0.05, 0) is 18.1 Å². The molecule has 5 nitrogen and oxygen atoms in total. The van der Waals surface area contributed by atoms with E-state index < -0.39 is 0 Å². The zero-order valence-corrected chi connectivity index (χ0v) is 11.5. The van der Waals surface area contributed by atoms with Crippen LogP contribution < -0.4 is 11.1 Å². The Bertz CT molecular complexity index is 446. The van der Waals surface area contributed by atoms with Gasteiger partial charge in [-0.2, -0.15) is 0 Å². The predicted molar refractivity (Wildman–Crippen MR) is 75.5 cm³/mol. The minimum absolute atomic E-state index is 0.0205. The SMILES string of the molecule is CNC(=O)CCN(C)C(=O)CCc1ccccc1N. The van der Waals surface area contributed by atoms with E-state index in [1.54, 1.807) is 19.0 Å². The zero-order valence-electron chi connectivity index (χ0n) is 11.5. The summed E-state index contributed by atoms with van der Waals surface area (Å²) in [5.74, 6) is -0.0425. The van der Waals surface area contributed by atoms with Gasteiger partial charge in [-0.15, -0.1) is 0 Å². The summed E-state index contributed by atoms with van der Waals surface area (Å²) in [6.07, 6.45) is 1.35. The van der Waals surface area contributed by atoms with E-state index in [1.165, 1.54) is 0 Å². The molecule has 0 unspecified atom stereocenters. The Morgan fingerprint density at radius 1 is 1.26 bits per heavy atom. The van der Waals surface area contributed by atoms with Gasteiger partial charge in [-0.1, -0.05) is 18.2 Å². The van der Waals surface area contributed by atoms with Crippen LogP contribution in [0.3, 0.4) is 0 Å². The fourth-order valence-electron chi connectivity index (χ4n) is 1.71. The third kappa shape index (κ3) is 4.99. The van der Waals surface area contributed by atoms with Gasteiger partial charge in [0.1, 0.15) is 0 Å². The number of anilines is 1. The molecular formula is C14H21N3O2. The number of hydrogen-bond acceptors (Lipinski definition) is 3. The number of carbonyl (C=O) groups excluding carboxylic acids is 2. The standard InChI is InChI=1S/C14H21N3O2/c1-16-13(18)9-10-17(2)14(19)8-7-11-5-3-4-6-12(11)15/h3-6H,7-10,15H2,1-2H3,(H,16,18). The maximum Gasteiger partial charge on any atom is 0.222 e. The first-order valence-corrected chi connectivity index (χ1v) is 6.32. The smallest absolute Gasteiger partial charge is 0.222 e. The highest BCUT2D eigenvalue weighted by atomic mass is 16.2. The molecule has 0 saturated heterocycles. The van der Waals surface area contributed by atoms with Gasteiger partial charge in [-0.25, -0.2) is 0 Å². The number of para-hydroxylation sites is 1. The van der Waals surface area contributed by atoms with Gasteiger partial charge in [0.05, 0.1) is 0 Å². The van der Waals surface area contributed by atoms with Crippen LogP contribution in [-0.4, -0.2) is 37.4 Å². The van der Waals surface area contributed by atoms with Gasteiger partial charge in [0.25, 0.3) is 0 Å². The summed E-state index contributed by atoms with van der Waals surface area (Å²) < 4.78 is 0. The molecule has 104 valence electrons. The van der Waals surface area contributed by atoms with Crippen molar-refractivity contribution in [1.82, 2.24) is 10.2 Å². The van der Waals surface area contributed by atoms with Gasteiger partial charge >= 0.3 is 0 Å². The fourth-order valence-corrected chi connectivity index (χ4v) is 1.71. The average molecular weight is 263 g/mol. The maximum atomic E-state index is 11.9. The molecule has 0 aliphatic heterocycles. The topological polar surface area (TPSA) is 75.4 Å². The summed E-state index contributed by atoms with van der Waals surface area (Å²) in [4.78, 5) is 24.6. The van der Waals surface area contributed by atoms with Crippen molar-refractivity contribution in [2.75, 3.05) is 26.4 Å². The van der Waals surface area contributed by atoms with E-state index in [2.05, 4.69) is 5.32 Å². The van der Waals surface area contributed by atoms with Crippen LogP contribution in [-0.2, 0) is 16.0 Å². The number of nitrogen functional groups attached to an aromatic ring is 1. The highest BCUT2D eigenvalue weighted by Gasteiger charge is 2.10. The second-order valence-electron chi connectivity index (χ2n) is 4.44. The van der Waals surface area contributed by atoms with E-state index >= 15 is 0 Å². The molecule has 1 aromatic carbocycles. The first kappa shape index (κ1) is 15.0. The van der Waals surface area contributed by atoms with Crippen molar-refractivity contribution >= 4 is 17.5 Å². The summed E-state index contributed by atoms with van der Waals surface area (Å²) in [6, 6.07) is 7.53. The molecule has 0 spiro atoms. The molecule has 0 atom stereocenters. The Morgan fingerprint density at radius 2 is 1.95 bits per heavy atom. The Labute approximate surface area is 113 Å². The van der Waals surface area contributed by atoms with Crippen LogP contribution in [0, 0.1) is 0 Å². The third-order valence-corrected chi connectivity index (χ3v) is 3.04. The predicted octanol–water partition coefficient (Wildman–Crippen LogP) is 0.796. The highest BCUT2D eigenvalue weighted by molar-refractivity contribution is 5.79. The number of nitrogens with zero attached hydrogens (tertiary/aromatic N) is 1. The van der Waals surface area contributed by atoms with Gasteiger partial charge in [-0.3, -0.25) is 9.59 Å². The molecule has 1 rings (SSSR count). The Morgan fingerprint density at radius 3 is 2.58 bits per heavy atom. The second kappa shape index (κ2) is 7.41. The normalized spacial score (nSPS) is 10.0. The first-order chi connectivity index (χ1) is 9.04. The van der Waals surface area contributed by atoms with Crippen LogP contribution in [0.25, 0.3) is 0 Å². The van der Waals surface area contributed by atoms with Crippen LogP contribution in [0.5, 0.6) is 0 Å². The number of amides is 2. The van der Waals surface area contributed by atoms with Crippen molar-refractivity contribution in [2.45, 2.75) is 19.3 Å². The molecule has 0 aliphatic rings. The lowest BCUT2D eigenvalue weighted by atomic mass is 10.1. The molecule has 0 bridgehead atoms. The number of benzene rings is 1. The third-order valence-electron chi connectivity index (χ3n) is 3.04. The average Bonchev–Trinajstić information content (AvgIpc) is 2.43. The molecule has 0 saturated carbocycles. The van der Waals surface area contributed by atoms with Gasteiger partial charge in [0, 0.05) is 39.2 Å². The lowest BCUT2D eigenvalue weighted by molar-refractivity contribution is -0.130. The molecule has 0 radical (unpaired) electrons. The van der Waals surface area contributed by atoms with E-state index in [9.17, 15) is 9.59 Å². The maximum absolute atomic E-state index is 11.9. The molecule has 0 fully saturated rings. The number of nitrogens with one attached hydrogen (secondary N) is 1. The molecule has 1 aromatic rings. The van der Waals surface area contributed by atoms with E-state index in [0.717, 1.165) is 5.56 Å². The van der Waals surface area contributed by atoms with Crippen LogP contribution in [0.15, 0.2) is 24.3 Å². The van der Waals surface area contributed by atoms with E-state index in [-0.39, 0.29) is 11.8 Å². The van der Waals surface area contributed by atoms with Crippen molar-refractivity contribution < 1.29 is 9.59 Å². The first-order valence-electron chi connectivity index (χ1n) is 6.32. The number of nitrogens with two attached hydrogens (primary N) is 1. The van der Waals surface area contributed by atoms with E-state index in [4.69, 9.17) is 5.73 Å². The van der Waals surface area contributed by atoms with Crippen LogP contribution in [0.4, 0.5) is 5.69 Å². The van der Waals surface area contributed by atoms with Crippen molar-refractivity contribution in [2.24, 2.45) is 0 Å². The summed E-state index contributed by atoms with van der Waals surface area (Å²) in [7, 11) is 3.29. The molecule has 19 heavy (non-hydrogen) atoms. The van der Waals surface area contributed by atoms with Crippen LogP contribution in [0.1, 0.15) is 18.4 Å². The second-order valence-corrected chi connectivity index (χ2v) is 4.44. The van der Waals surface area contributed by atoms with Crippen molar-refractivity contribution in [3.05, 3.63) is 29.8 Å². The lowest BCUT2D eigenvalue weighted by Gasteiger charge is -2.16. The highest BCUT2D eigenvalue weighted by Crippen LogP contribution is 2.13. The van der Waals surface area contributed by atoms with Crippen molar-refractivity contribution in [3.8, 4) is 0 Å². The van der Waals surface area contributed by atoms with Gasteiger partial charge in [0.2, 0.25) is 11.8 Å². The summed E-state index contributed by atoms with van der Waals surface area (Å²) in [5.41, 5.74) is 7.51. The largest absolute Gasteiger partial charge is 0.399 e. The number of carbonyl (C=O) groups is 2. The minimum atomic E-state index is -0.0630. The van der Waals surface area contributed by atoms with E-state index in [1.807, 2.05) is 24.3 Å². The van der Waals surface area contributed by atoms with E-state index in [0.29, 0.717) is 31.5 Å². The molecule has 3 N–H and O–H groups in total. The Balaban J connectivity index is 2.38. The molecule has 5 heteroatoms. The Kier molecular flexibility index (Phi) is 5.85. The fraction of sp³-hybridized carbons (Fsp3) is 0.429. The van der Waals surface area contributed by atoms with Gasteiger partial charge < -0.3 is 16.0 Å². The lowest BCUT2D eigenvalue weighted by Crippen LogP contribution is -2.31. The van der Waals surface area contributed by atoms with Crippen molar-refractivity contribution in [3.63, 3.8) is 0 Å². The molecule has 0 aromatic heterocycles. The van der Waals surface area contributed by atoms with Crippen LogP contribution in [0.2, 0.25) is 0 Å². The zero-order chi connectivity index (χ0) is 14.3. The molecule has 2 amide bonds. The molecular weight excluding hydrogens is 242 g/mol. The van der Waals surface area contributed by atoms with Gasteiger partial charge in [0.15, 0.2) is 0 Å². The monoisotopic (exact) mass is 263 g/mol. The van der Waals surface area contributed by atoms with Crippen molar-refractivity contribution in [1.29, 1.82) is 0 Å². The number of rotatable bonds is 6. The summed E-state index contributed by atoms with van der Waals surface area (Å²) in [6.45, 7) is 0.433. The number of hydrogen-bond donors (Lipinski definition) is 2. The summed E-state index contributed by atoms with van der Waals surface area (Å²) in [5, 5.41) is 2.53. The molecule has 0 aliphatic carbocycles. The Hall–Kier alpha value is -2.04. The van der Waals surface area contributed by atoms with Crippen LogP contribution >= 0.6 is 0 Å². The minimum Gasteiger partial charge on any atom is -0.399 e. The quantitative estimate of drug-likeness (QED) is 0.745. The number of aryl methyl sites for hydroxylation is 1. The summed E-state index contributed by atoms with van der Waals surface area (Å²) >= 11 is 0. The molecule has 0 heterocycles.